The van der Waals surface area contributed by atoms with Gasteiger partial charge in [-0.05, 0) is 37.1 Å². The summed E-state index contributed by atoms with van der Waals surface area (Å²) in [4.78, 5) is 12.0. The Labute approximate surface area is 111 Å². The third-order valence-corrected chi connectivity index (χ3v) is 3.49. The molecule has 0 bridgehead atoms. The molecule has 1 heterocycles. The quantitative estimate of drug-likeness (QED) is 0.859. The highest BCUT2D eigenvalue weighted by molar-refractivity contribution is 6.32. The van der Waals surface area contributed by atoms with Gasteiger partial charge in [0.15, 0.2) is 0 Å². The number of halogens is 1. The molecule has 1 aliphatic heterocycles. The maximum Gasteiger partial charge on any atom is 0.241 e. The molecule has 2 unspecified atom stereocenters. The van der Waals surface area contributed by atoms with E-state index in [0.717, 1.165) is 13.0 Å². The molecular formula is C13H14ClN3O. The van der Waals surface area contributed by atoms with Crippen LogP contribution in [0.1, 0.15) is 18.9 Å². The molecule has 2 N–H and O–H groups in total. The number of hydrogen-bond donors (Lipinski definition) is 2. The van der Waals surface area contributed by atoms with E-state index in [4.69, 9.17) is 16.9 Å². The van der Waals surface area contributed by atoms with Crippen LogP contribution < -0.4 is 10.6 Å². The van der Waals surface area contributed by atoms with Crippen molar-refractivity contribution in [2.75, 3.05) is 11.9 Å². The third-order valence-electron chi connectivity index (χ3n) is 3.17. The molecule has 94 valence electrons. The fourth-order valence-electron chi connectivity index (χ4n) is 2.09. The summed E-state index contributed by atoms with van der Waals surface area (Å²) >= 11 is 5.91. The highest BCUT2D eigenvalue weighted by atomic mass is 35.5. The average molecular weight is 264 g/mol. The lowest BCUT2D eigenvalue weighted by Gasteiger charge is -2.15. The van der Waals surface area contributed by atoms with Crippen LogP contribution in [0.15, 0.2) is 18.2 Å². The highest BCUT2D eigenvalue weighted by Gasteiger charge is 2.29. The highest BCUT2D eigenvalue weighted by Crippen LogP contribution is 2.21. The molecule has 1 aromatic carbocycles. The maximum absolute atomic E-state index is 12.0. The summed E-state index contributed by atoms with van der Waals surface area (Å²) in [5.41, 5.74) is 1.02. The molecule has 0 radical (unpaired) electrons. The number of hydrogen-bond acceptors (Lipinski definition) is 3. The minimum absolute atomic E-state index is 0.0548. The minimum Gasteiger partial charge on any atom is -0.325 e. The second-order valence-corrected chi connectivity index (χ2v) is 4.90. The standard InChI is InChI=1S/C13H14ClN3O/c1-8-4-5-16-12(8)13(18)17-10-3-2-9(7-15)11(14)6-10/h2-3,6,8,12,16H,4-5H2,1H3,(H,17,18). The van der Waals surface area contributed by atoms with Crippen LogP contribution >= 0.6 is 11.6 Å². The Morgan fingerprint density at radius 1 is 1.61 bits per heavy atom. The first-order valence-electron chi connectivity index (χ1n) is 5.85. The first kappa shape index (κ1) is 12.9. The number of carbonyl (C=O) groups excluding carboxylic acids is 1. The molecule has 2 atom stereocenters. The molecule has 1 fully saturated rings. The van der Waals surface area contributed by atoms with Gasteiger partial charge in [-0.1, -0.05) is 18.5 Å². The van der Waals surface area contributed by atoms with Crippen molar-refractivity contribution in [3.63, 3.8) is 0 Å². The zero-order valence-electron chi connectivity index (χ0n) is 10.0. The predicted molar refractivity (Wildman–Crippen MR) is 70.4 cm³/mol. The smallest absolute Gasteiger partial charge is 0.241 e. The van der Waals surface area contributed by atoms with E-state index in [1.54, 1.807) is 18.2 Å². The van der Waals surface area contributed by atoms with Gasteiger partial charge in [0.2, 0.25) is 5.91 Å². The Morgan fingerprint density at radius 3 is 2.94 bits per heavy atom. The molecule has 0 aliphatic carbocycles. The van der Waals surface area contributed by atoms with Gasteiger partial charge in [0.25, 0.3) is 0 Å². The van der Waals surface area contributed by atoms with Crippen molar-refractivity contribution in [1.29, 1.82) is 5.26 Å². The van der Waals surface area contributed by atoms with Crippen molar-refractivity contribution in [3.05, 3.63) is 28.8 Å². The van der Waals surface area contributed by atoms with Gasteiger partial charge < -0.3 is 10.6 Å². The van der Waals surface area contributed by atoms with Crippen LogP contribution in [0.2, 0.25) is 5.02 Å². The Kier molecular flexibility index (Phi) is 3.85. The first-order chi connectivity index (χ1) is 8.61. The van der Waals surface area contributed by atoms with Crippen LogP contribution in [-0.4, -0.2) is 18.5 Å². The lowest BCUT2D eigenvalue weighted by molar-refractivity contribution is -0.118. The van der Waals surface area contributed by atoms with Gasteiger partial charge in [0, 0.05) is 5.69 Å². The molecule has 1 saturated heterocycles. The van der Waals surface area contributed by atoms with Crippen molar-refractivity contribution < 1.29 is 4.79 Å². The van der Waals surface area contributed by atoms with Crippen LogP contribution in [0, 0.1) is 17.2 Å². The van der Waals surface area contributed by atoms with Crippen molar-refractivity contribution in [2.45, 2.75) is 19.4 Å². The van der Waals surface area contributed by atoms with Crippen molar-refractivity contribution in [2.24, 2.45) is 5.92 Å². The van der Waals surface area contributed by atoms with E-state index in [0.29, 0.717) is 22.2 Å². The van der Waals surface area contributed by atoms with E-state index in [1.807, 2.05) is 6.07 Å². The summed E-state index contributed by atoms with van der Waals surface area (Å²) in [5.74, 6) is 0.277. The van der Waals surface area contributed by atoms with E-state index in [9.17, 15) is 4.79 Å². The van der Waals surface area contributed by atoms with Gasteiger partial charge in [-0.2, -0.15) is 5.26 Å². The molecule has 1 amide bonds. The number of nitrogens with zero attached hydrogens (tertiary/aromatic N) is 1. The molecule has 18 heavy (non-hydrogen) atoms. The molecule has 0 saturated carbocycles. The number of nitrogens with one attached hydrogen (secondary N) is 2. The number of amides is 1. The third kappa shape index (κ3) is 2.63. The van der Waals surface area contributed by atoms with E-state index < -0.39 is 0 Å². The lowest BCUT2D eigenvalue weighted by Crippen LogP contribution is -2.39. The van der Waals surface area contributed by atoms with Gasteiger partial charge in [0.05, 0.1) is 16.6 Å². The molecule has 5 heteroatoms. The Hall–Kier alpha value is -1.57. The fourth-order valence-corrected chi connectivity index (χ4v) is 2.31. The first-order valence-corrected chi connectivity index (χ1v) is 6.23. The van der Waals surface area contributed by atoms with Crippen molar-refractivity contribution in [3.8, 4) is 6.07 Å². The number of rotatable bonds is 2. The molecule has 4 nitrogen and oxygen atoms in total. The van der Waals surface area contributed by atoms with Crippen molar-refractivity contribution in [1.82, 2.24) is 5.32 Å². The van der Waals surface area contributed by atoms with Gasteiger partial charge in [-0.25, -0.2) is 0 Å². The Balaban J connectivity index is 2.08. The van der Waals surface area contributed by atoms with Crippen LogP contribution in [0.25, 0.3) is 0 Å². The van der Waals surface area contributed by atoms with Crippen LogP contribution in [0.5, 0.6) is 0 Å². The zero-order chi connectivity index (χ0) is 13.1. The molecule has 0 spiro atoms. The molecule has 2 rings (SSSR count). The van der Waals surface area contributed by atoms with Gasteiger partial charge in [-0.15, -0.1) is 0 Å². The summed E-state index contributed by atoms with van der Waals surface area (Å²) in [7, 11) is 0. The summed E-state index contributed by atoms with van der Waals surface area (Å²) in [6.07, 6.45) is 1.01. The van der Waals surface area contributed by atoms with E-state index in [-0.39, 0.29) is 11.9 Å². The monoisotopic (exact) mass is 263 g/mol. The Bertz CT molecular complexity index is 509. The summed E-state index contributed by atoms with van der Waals surface area (Å²) in [6.45, 7) is 2.92. The fraction of sp³-hybridized carbons (Fsp3) is 0.385. The average Bonchev–Trinajstić information content (AvgIpc) is 2.76. The zero-order valence-corrected chi connectivity index (χ0v) is 10.8. The van der Waals surface area contributed by atoms with E-state index >= 15 is 0 Å². The van der Waals surface area contributed by atoms with Crippen LogP contribution in [-0.2, 0) is 4.79 Å². The van der Waals surface area contributed by atoms with E-state index in [1.165, 1.54) is 0 Å². The van der Waals surface area contributed by atoms with Crippen molar-refractivity contribution >= 4 is 23.2 Å². The minimum atomic E-state index is -0.153. The van der Waals surface area contributed by atoms with Gasteiger partial charge in [0.1, 0.15) is 6.07 Å². The SMILES string of the molecule is CC1CCNC1C(=O)Nc1ccc(C#N)c(Cl)c1. The topological polar surface area (TPSA) is 64.9 Å². The lowest BCUT2D eigenvalue weighted by atomic mass is 10.0. The summed E-state index contributed by atoms with van der Waals surface area (Å²) < 4.78 is 0. The number of carbonyl (C=O) groups is 1. The van der Waals surface area contributed by atoms with Gasteiger partial charge in [-0.3, -0.25) is 4.79 Å². The normalized spacial score (nSPS) is 22.5. The second-order valence-electron chi connectivity index (χ2n) is 4.49. The van der Waals surface area contributed by atoms with Crippen LogP contribution in [0.3, 0.4) is 0 Å². The second kappa shape index (κ2) is 5.38. The molecule has 1 aliphatic rings. The largest absolute Gasteiger partial charge is 0.325 e. The molecular weight excluding hydrogens is 250 g/mol. The van der Waals surface area contributed by atoms with Crippen LogP contribution in [0.4, 0.5) is 5.69 Å². The molecule has 1 aromatic rings. The number of anilines is 1. The maximum atomic E-state index is 12.0. The summed E-state index contributed by atoms with van der Waals surface area (Å²) in [6, 6.07) is 6.71. The predicted octanol–water partition coefficient (Wildman–Crippen LogP) is 2.15. The number of nitriles is 1. The summed E-state index contributed by atoms with van der Waals surface area (Å²) in [5, 5.41) is 15.1. The van der Waals surface area contributed by atoms with E-state index in [2.05, 4.69) is 17.6 Å². The van der Waals surface area contributed by atoms with Gasteiger partial charge >= 0.3 is 0 Å². The molecule has 0 aromatic heterocycles. The Morgan fingerprint density at radius 2 is 2.39 bits per heavy atom. The number of benzene rings is 1.